The molecule has 5 heteroatoms. The number of anilines is 1. The molecule has 0 saturated heterocycles. The fraction of sp³-hybridized carbons (Fsp3) is 0.714. The molecule has 0 amide bonds. The number of carbonyl (C=O) groups is 1. The van der Waals surface area contributed by atoms with Crippen molar-refractivity contribution in [2.75, 3.05) is 12.3 Å². The number of ether oxygens (including phenoxy) is 1. The van der Waals surface area contributed by atoms with E-state index in [0.29, 0.717) is 18.3 Å². The monoisotopic (exact) mass is 267 g/mol. The van der Waals surface area contributed by atoms with Gasteiger partial charge in [-0.2, -0.15) is 0 Å². The lowest BCUT2D eigenvalue weighted by Crippen LogP contribution is -2.11. The molecule has 2 N–H and O–H groups in total. The lowest BCUT2D eigenvalue weighted by Gasteiger charge is -2.10. The van der Waals surface area contributed by atoms with Crippen LogP contribution in [0.25, 0.3) is 0 Å². The van der Waals surface area contributed by atoms with Crippen LogP contribution in [0.15, 0.2) is 0 Å². The summed E-state index contributed by atoms with van der Waals surface area (Å²) < 4.78 is 6.91. The van der Waals surface area contributed by atoms with Crippen molar-refractivity contribution in [3.8, 4) is 0 Å². The van der Waals surface area contributed by atoms with Crippen LogP contribution in [-0.4, -0.2) is 22.1 Å². The fourth-order valence-corrected chi connectivity index (χ4v) is 2.04. The number of hydrogen-bond acceptors (Lipinski definition) is 4. The van der Waals surface area contributed by atoms with Crippen molar-refractivity contribution in [1.29, 1.82) is 0 Å². The predicted molar refractivity (Wildman–Crippen MR) is 76.0 cm³/mol. The molecule has 1 aromatic rings. The summed E-state index contributed by atoms with van der Waals surface area (Å²) in [6, 6.07) is 0. The van der Waals surface area contributed by atoms with Crippen molar-refractivity contribution in [3.05, 3.63) is 11.5 Å². The average Bonchev–Trinajstić information content (AvgIpc) is 2.67. The summed E-state index contributed by atoms with van der Waals surface area (Å²) in [6.07, 6.45) is 2.92. The minimum absolute atomic E-state index is 0.253. The first kappa shape index (κ1) is 15.5. The number of aromatic nitrogens is 2. The molecule has 0 aliphatic heterocycles. The summed E-state index contributed by atoms with van der Waals surface area (Å²) in [4.78, 5) is 16.1. The lowest BCUT2D eigenvalue weighted by atomic mass is 10.1. The smallest absolute Gasteiger partial charge is 0.360 e. The van der Waals surface area contributed by atoms with Gasteiger partial charge in [0.05, 0.1) is 6.61 Å². The quantitative estimate of drug-likeness (QED) is 0.771. The molecular formula is C14H25N3O2. The van der Waals surface area contributed by atoms with Gasteiger partial charge in [-0.3, -0.25) is 0 Å². The molecule has 1 aromatic heterocycles. The minimum Gasteiger partial charge on any atom is -0.461 e. The van der Waals surface area contributed by atoms with Gasteiger partial charge >= 0.3 is 5.97 Å². The van der Waals surface area contributed by atoms with E-state index in [4.69, 9.17) is 10.5 Å². The number of esters is 1. The Kier molecular flexibility index (Phi) is 5.86. The number of hydrogen-bond donors (Lipinski definition) is 1. The van der Waals surface area contributed by atoms with Crippen LogP contribution in [0.3, 0.4) is 0 Å². The summed E-state index contributed by atoms with van der Waals surface area (Å²) >= 11 is 0. The van der Waals surface area contributed by atoms with E-state index < -0.39 is 5.97 Å². The predicted octanol–water partition coefficient (Wildman–Crippen LogP) is 2.64. The first-order valence-corrected chi connectivity index (χ1v) is 7.03. The van der Waals surface area contributed by atoms with Gasteiger partial charge in [-0.25, -0.2) is 9.78 Å². The highest BCUT2D eigenvalue weighted by Gasteiger charge is 2.20. The van der Waals surface area contributed by atoms with Gasteiger partial charge < -0.3 is 15.0 Å². The summed E-state index contributed by atoms with van der Waals surface area (Å²) in [6.45, 7) is 9.31. The zero-order chi connectivity index (χ0) is 14.4. The van der Waals surface area contributed by atoms with Crippen LogP contribution in [-0.2, 0) is 17.7 Å². The molecule has 108 valence electrons. The molecule has 1 heterocycles. The Balaban J connectivity index is 2.87. The van der Waals surface area contributed by atoms with Crippen LogP contribution in [0.1, 0.15) is 56.8 Å². The Labute approximate surface area is 115 Å². The maximum absolute atomic E-state index is 11.8. The van der Waals surface area contributed by atoms with Crippen LogP contribution in [0.4, 0.5) is 5.82 Å². The van der Waals surface area contributed by atoms with E-state index in [9.17, 15) is 4.79 Å². The molecule has 0 aliphatic carbocycles. The Morgan fingerprint density at radius 1 is 1.42 bits per heavy atom. The van der Waals surface area contributed by atoms with E-state index in [1.54, 1.807) is 6.92 Å². The Morgan fingerprint density at radius 2 is 2.11 bits per heavy atom. The standard InChI is InChI=1S/C14H25N3O2/c1-5-11-16-12(14(18)19-6-2)13(15)17(11)9-7-8-10(3)4/h10H,5-9,15H2,1-4H3. The third kappa shape index (κ3) is 3.98. The van der Waals surface area contributed by atoms with Crippen LogP contribution in [0, 0.1) is 5.92 Å². The third-order valence-corrected chi connectivity index (χ3v) is 3.03. The molecular weight excluding hydrogens is 242 g/mol. The first-order chi connectivity index (χ1) is 9.01. The van der Waals surface area contributed by atoms with Gasteiger partial charge in [0.25, 0.3) is 0 Å². The maximum Gasteiger partial charge on any atom is 0.360 e. The van der Waals surface area contributed by atoms with E-state index in [0.717, 1.165) is 31.6 Å². The summed E-state index contributed by atoms with van der Waals surface area (Å²) in [5.41, 5.74) is 6.28. The van der Waals surface area contributed by atoms with Crippen LogP contribution in [0.5, 0.6) is 0 Å². The summed E-state index contributed by atoms with van der Waals surface area (Å²) in [7, 11) is 0. The largest absolute Gasteiger partial charge is 0.461 e. The molecule has 0 fully saturated rings. The zero-order valence-electron chi connectivity index (χ0n) is 12.4. The van der Waals surface area contributed by atoms with Gasteiger partial charge in [0.15, 0.2) is 5.69 Å². The number of nitrogen functional groups attached to an aromatic ring is 1. The normalized spacial score (nSPS) is 11.0. The lowest BCUT2D eigenvalue weighted by molar-refractivity contribution is 0.0521. The van der Waals surface area contributed by atoms with E-state index >= 15 is 0 Å². The molecule has 0 spiro atoms. The zero-order valence-corrected chi connectivity index (χ0v) is 12.4. The molecule has 1 rings (SSSR count). The van der Waals surface area contributed by atoms with Crippen molar-refractivity contribution in [2.24, 2.45) is 5.92 Å². The first-order valence-electron chi connectivity index (χ1n) is 7.03. The van der Waals surface area contributed by atoms with E-state index in [2.05, 4.69) is 18.8 Å². The van der Waals surface area contributed by atoms with E-state index in [-0.39, 0.29) is 5.69 Å². The topological polar surface area (TPSA) is 70.1 Å². The van der Waals surface area contributed by atoms with E-state index in [1.807, 2.05) is 11.5 Å². The number of rotatable bonds is 7. The second-order valence-corrected chi connectivity index (χ2v) is 5.02. The van der Waals surface area contributed by atoms with Crippen molar-refractivity contribution in [3.63, 3.8) is 0 Å². The minimum atomic E-state index is -0.433. The molecule has 0 aliphatic rings. The third-order valence-electron chi connectivity index (χ3n) is 3.03. The molecule has 5 nitrogen and oxygen atoms in total. The number of carbonyl (C=O) groups excluding carboxylic acids is 1. The maximum atomic E-state index is 11.8. The summed E-state index contributed by atoms with van der Waals surface area (Å²) in [5.74, 6) is 1.51. The van der Waals surface area contributed by atoms with Crippen molar-refractivity contribution in [2.45, 2.75) is 53.5 Å². The van der Waals surface area contributed by atoms with Crippen LogP contribution >= 0.6 is 0 Å². The second kappa shape index (κ2) is 7.16. The number of imidazole rings is 1. The number of nitrogens with zero attached hydrogens (tertiary/aromatic N) is 2. The molecule has 19 heavy (non-hydrogen) atoms. The van der Waals surface area contributed by atoms with Crippen LogP contribution < -0.4 is 5.73 Å². The fourth-order valence-electron chi connectivity index (χ4n) is 2.04. The highest BCUT2D eigenvalue weighted by molar-refractivity contribution is 5.92. The molecule has 0 bridgehead atoms. The molecule has 0 radical (unpaired) electrons. The molecule has 0 saturated carbocycles. The molecule has 0 aromatic carbocycles. The molecule has 0 atom stereocenters. The highest BCUT2D eigenvalue weighted by Crippen LogP contribution is 2.18. The van der Waals surface area contributed by atoms with Gasteiger partial charge in [0.2, 0.25) is 0 Å². The van der Waals surface area contributed by atoms with Gasteiger partial charge in [0, 0.05) is 13.0 Å². The van der Waals surface area contributed by atoms with Crippen molar-refractivity contribution < 1.29 is 9.53 Å². The average molecular weight is 267 g/mol. The summed E-state index contributed by atoms with van der Waals surface area (Å²) in [5, 5.41) is 0. The van der Waals surface area contributed by atoms with Crippen molar-refractivity contribution >= 4 is 11.8 Å². The van der Waals surface area contributed by atoms with Crippen LogP contribution in [0.2, 0.25) is 0 Å². The number of aryl methyl sites for hydroxylation is 1. The Morgan fingerprint density at radius 3 is 2.63 bits per heavy atom. The second-order valence-electron chi connectivity index (χ2n) is 5.02. The highest BCUT2D eigenvalue weighted by atomic mass is 16.5. The van der Waals surface area contributed by atoms with Gasteiger partial charge in [-0.05, 0) is 25.7 Å². The SMILES string of the molecule is CCOC(=O)c1nc(CC)n(CCCC(C)C)c1N. The Hall–Kier alpha value is -1.52. The Bertz CT molecular complexity index is 425. The van der Waals surface area contributed by atoms with Gasteiger partial charge in [-0.1, -0.05) is 20.8 Å². The van der Waals surface area contributed by atoms with Gasteiger partial charge in [-0.15, -0.1) is 0 Å². The number of nitrogens with two attached hydrogens (primary N) is 1. The van der Waals surface area contributed by atoms with Gasteiger partial charge in [0.1, 0.15) is 11.6 Å². The van der Waals surface area contributed by atoms with E-state index in [1.165, 1.54) is 0 Å². The molecule has 0 unspecified atom stereocenters. The van der Waals surface area contributed by atoms with Crippen molar-refractivity contribution in [1.82, 2.24) is 9.55 Å².